The average Bonchev–Trinajstić information content (AvgIpc) is 3.27. The zero-order valence-corrected chi connectivity index (χ0v) is 15.7. The van der Waals surface area contributed by atoms with E-state index >= 15 is 0 Å². The molecule has 4 N–H and O–H groups in total. The van der Waals surface area contributed by atoms with Crippen LogP contribution in [-0.2, 0) is 0 Å². The van der Waals surface area contributed by atoms with Gasteiger partial charge in [-0.15, -0.1) is 5.10 Å². The Balaban J connectivity index is 1.39. The lowest BCUT2D eigenvalue weighted by molar-refractivity contribution is 0.126. The summed E-state index contributed by atoms with van der Waals surface area (Å²) in [5.74, 6) is 1.46. The number of anilines is 3. The van der Waals surface area contributed by atoms with Crippen molar-refractivity contribution in [1.29, 1.82) is 0 Å². The molecule has 0 unspecified atom stereocenters. The maximum atomic E-state index is 9.71. The summed E-state index contributed by atoms with van der Waals surface area (Å²) in [6.07, 6.45) is 3.44. The highest BCUT2D eigenvalue weighted by atomic mass is 16.3. The summed E-state index contributed by atoms with van der Waals surface area (Å²) in [6.45, 7) is 1.98. The van der Waals surface area contributed by atoms with Gasteiger partial charge < -0.3 is 15.7 Å². The molecule has 0 bridgehead atoms. The van der Waals surface area contributed by atoms with Gasteiger partial charge in [0.15, 0.2) is 5.65 Å². The van der Waals surface area contributed by atoms with Gasteiger partial charge in [-0.3, -0.25) is 5.10 Å². The van der Waals surface area contributed by atoms with E-state index in [9.17, 15) is 5.11 Å². The third kappa shape index (κ3) is 3.16. The molecular formula is C20H23N7O. The summed E-state index contributed by atoms with van der Waals surface area (Å²) in [5.41, 5.74) is 3.65. The van der Waals surface area contributed by atoms with Gasteiger partial charge in [0, 0.05) is 17.1 Å². The third-order valence-electron chi connectivity index (χ3n) is 5.42. The van der Waals surface area contributed by atoms with Crippen LogP contribution >= 0.6 is 0 Å². The maximum absolute atomic E-state index is 9.71. The summed E-state index contributed by atoms with van der Waals surface area (Å²) in [4.78, 5) is 4.59. The fraction of sp³-hybridized carbons (Fsp3) is 0.350. The number of aliphatic hydroxyl groups is 1. The molecule has 0 amide bonds. The van der Waals surface area contributed by atoms with Gasteiger partial charge in [-0.2, -0.15) is 14.6 Å². The van der Waals surface area contributed by atoms with E-state index in [2.05, 4.69) is 30.9 Å². The second-order valence-corrected chi connectivity index (χ2v) is 7.46. The Morgan fingerprint density at radius 1 is 1.14 bits per heavy atom. The Morgan fingerprint density at radius 2 is 2.00 bits per heavy atom. The molecule has 0 radical (unpaired) electrons. The summed E-state index contributed by atoms with van der Waals surface area (Å²) < 4.78 is 1.83. The van der Waals surface area contributed by atoms with Crippen molar-refractivity contribution in [3.05, 3.63) is 42.1 Å². The van der Waals surface area contributed by atoms with Gasteiger partial charge in [0.05, 0.1) is 17.3 Å². The van der Waals surface area contributed by atoms with Crippen LogP contribution in [-0.4, -0.2) is 42.0 Å². The number of aryl methyl sites for hydroxylation is 1. The minimum absolute atomic E-state index is 0.160. The molecule has 1 saturated carbocycles. The molecule has 28 heavy (non-hydrogen) atoms. The van der Waals surface area contributed by atoms with E-state index in [0.29, 0.717) is 12.0 Å². The Morgan fingerprint density at radius 3 is 2.86 bits per heavy atom. The molecule has 144 valence electrons. The number of pyridine rings is 1. The van der Waals surface area contributed by atoms with Crippen LogP contribution in [0.2, 0.25) is 0 Å². The second kappa shape index (κ2) is 6.79. The Hall–Kier alpha value is -3.13. The van der Waals surface area contributed by atoms with Crippen molar-refractivity contribution in [3.8, 4) is 0 Å². The highest BCUT2D eigenvalue weighted by Crippen LogP contribution is 2.24. The number of aliphatic hydroxyl groups excluding tert-OH is 1. The molecule has 1 aromatic carbocycles. The largest absolute Gasteiger partial charge is 0.393 e. The standard InChI is InChI=1S/C20H23N7O/c1-12-16-10-7-14(11-17(16)25-24-12)22-20-23-19-4-2-3-18(27(19)26-20)21-13-5-8-15(28)9-6-13/h2-4,7,10-11,13,15,21,28H,5-6,8-9H2,1H3,(H,22,26)(H,24,25)/t13-,15+. The lowest BCUT2D eigenvalue weighted by Gasteiger charge is -2.26. The van der Waals surface area contributed by atoms with Gasteiger partial charge in [0.25, 0.3) is 0 Å². The van der Waals surface area contributed by atoms with Crippen LogP contribution in [0.1, 0.15) is 31.4 Å². The van der Waals surface area contributed by atoms with E-state index in [1.165, 1.54) is 0 Å². The van der Waals surface area contributed by atoms with Crippen molar-refractivity contribution < 1.29 is 5.11 Å². The lowest BCUT2D eigenvalue weighted by Crippen LogP contribution is -2.29. The SMILES string of the molecule is Cc1n[nH]c2cc(Nc3nc4cccc(N[C@H]5CC[C@@H](O)CC5)n4n3)ccc12. The number of rotatable bonds is 4. The van der Waals surface area contributed by atoms with Crippen molar-refractivity contribution in [2.24, 2.45) is 0 Å². The number of hydrogen-bond donors (Lipinski definition) is 4. The molecule has 0 aliphatic heterocycles. The number of aromatic nitrogens is 5. The third-order valence-corrected chi connectivity index (χ3v) is 5.42. The average molecular weight is 377 g/mol. The van der Waals surface area contributed by atoms with E-state index in [-0.39, 0.29) is 6.10 Å². The van der Waals surface area contributed by atoms with Gasteiger partial charge in [0.1, 0.15) is 5.82 Å². The van der Waals surface area contributed by atoms with E-state index < -0.39 is 0 Å². The number of benzene rings is 1. The van der Waals surface area contributed by atoms with E-state index in [1.54, 1.807) is 0 Å². The van der Waals surface area contributed by atoms with Crippen LogP contribution in [0.4, 0.5) is 17.5 Å². The van der Waals surface area contributed by atoms with Gasteiger partial charge in [0.2, 0.25) is 5.95 Å². The molecule has 8 heteroatoms. The zero-order chi connectivity index (χ0) is 19.1. The fourth-order valence-corrected chi connectivity index (χ4v) is 3.86. The van der Waals surface area contributed by atoms with E-state index in [1.807, 2.05) is 47.8 Å². The van der Waals surface area contributed by atoms with Crippen LogP contribution in [0, 0.1) is 6.92 Å². The molecule has 3 heterocycles. The molecule has 0 saturated heterocycles. The van der Waals surface area contributed by atoms with Crippen molar-refractivity contribution >= 4 is 34.0 Å². The van der Waals surface area contributed by atoms with Crippen molar-refractivity contribution in [2.45, 2.75) is 44.8 Å². The minimum atomic E-state index is -0.160. The topological polar surface area (TPSA) is 103 Å². The zero-order valence-electron chi connectivity index (χ0n) is 15.7. The van der Waals surface area contributed by atoms with Crippen LogP contribution in [0.15, 0.2) is 36.4 Å². The normalized spacial score (nSPS) is 19.9. The fourth-order valence-electron chi connectivity index (χ4n) is 3.86. The predicted molar refractivity (Wildman–Crippen MR) is 109 cm³/mol. The number of nitrogens with one attached hydrogen (secondary N) is 3. The molecular weight excluding hydrogens is 354 g/mol. The summed E-state index contributed by atoms with van der Waals surface area (Å²) in [6, 6.07) is 12.3. The molecule has 8 nitrogen and oxygen atoms in total. The number of fused-ring (bicyclic) bond motifs is 2. The first kappa shape index (κ1) is 17.0. The Bertz CT molecular complexity index is 1120. The van der Waals surface area contributed by atoms with Crippen molar-refractivity contribution in [3.63, 3.8) is 0 Å². The van der Waals surface area contributed by atoms with Crippen molar-refractivity contribution in [1.82, 2.24) is 24.8 Å². The number of nitrogens with zero attached hydrogens (tertiary/aromatic N) is 4. The van der Waals surface area contributed by atoms with Gasteiger partial charge in [-0.05, 0) is 62.9 Å². The van der Waals surface area contributed by atoms with Gasteiger partial charge >= 0.3 is 0 Å². The van der Waals surface area contributed by atoms with Crippen LogP contribution in [0.5, 0.6) is 0 Å². The smallest absolute Gasteiger partial charge is 0.247 e. The molecule has 1 fully saturated rings. The second-order valence-electron chi connectivity index (χ2n) is 7.46. The molecule has 5 rings (SSSR count). The molecule has 3 aromatic heterocycles. The minimum Gasteiger partial charge on any atom is -0.393 e. The number of H-pyrrole nitrogens is 1. The molecule has 0 atom stereocenters. The highest BCUT2D eigenvalue weighted by Gasteiger charge is 2.20. The van der Waals surface area contributed by atoms with E-state index in [4.69, 9.17) is 0 Å². The quantitative estimate of drug-likeness (QED) is 0.435. The maximum Gasteiger partial charge on any atom is 0.247 e. The molecule has 1 aliphatic rings. The number of aromatic amines is 1. The highest BCUT2D eigenvalue weighted by molar-refractivity contribution is 5.85. The first-order valence-corrected chi connectivity index (χ1v) is 9.68. The van der Waals surface area contributed by atoms with Crippen molar-refractivity contribution in [2.75, 3.05) is 10.6 Å². The Kier molecular flexibility index (Phi) is 4.12. The van der Waals surface area contributed by atoms with Crippen LogP contribution in [0.25, 0.3) is 16.6 Å². The summed E-state index contributed by atoms with van der Waals surface area (Å²) in [5, 5.41) is 29.6. The van der Waals surface area contributed by atoms with Crippen LogP contribution in [0.3, 0.4) is 0 Å². The summed E-state index contributed by atoms with van der Waals surface area (Å²) >= 11 is 0. The van der Waals surface area contributed by atoms with Gasteiger partial charge in [-0.25, -0.2) is 0 Å². The monoisotopic (exact) mass is 377 g/mol. The predicted octanol–water partition coefficient (Wildman–Crippen LogP) is 3.37. The first-order chi connectivity index (χ1) is 13.7. The molecule has 4 aromatic rings. The molecule has 0 spiro atoms. The summed E-state index contributed by atoms with van der Waals surface area (Å²) in [7, 11) is 0. The molecule has 1 aliphatic carbocycles. The first-order valence-electron chi connectivity index (χ1n) is 9.68. The Labute approximate surface area is 162 Å². The van der Waals surface area contributed by atoms with Crippen LogP contribution < -0.4 is 10.6 Å². The van der Waals surface area contributed by atoms with E-state index in [0.717, 1.165) is 59.4 Å². The number of hydrogen-bond acceptors (Lipinski definition) is 6. The van der Waals surface area contributed by atoms with Gasteiger partial charge in [-0.1, -0.05) is 6.07 Å². The lowest BCUT2D eigenvalue weighted by atomic mass is 9.93.